The van der Waals surface area contributed by atoms with Gasteiger partial charge in [0.25, 0.3) is 0 Å². The van der Waals surface area contributed by atoms with Crippen LogP contribution in [0, 0.1) is 0 Å². The molecule has 160 valence electrons. The summed E-state index contributed by atoms with van der Waals surface area (Å²) in [7, 11) is -1.83. The van der Waals surface area contributed by atoms with Gasteiger partial charge in [-0.25, -0.2) is 0 Å². The number of hydrogen-bond donors (Lipinski definition) is 1. The molecule has 1 rings (SSSR count). The smallest absolute Gasteiger partial charge is 0.250 e. The van der Waals surface area contributed by atoms with Crippen molar-refractivity contribution in [1.29, 1.82) is 0 Å². The molecule has 1 aromatic rings. The van der Waals surface area contributed by atoms with E-state index < -0.39 is 8.32 Å². The minimum atomic E-state index is -1.83. The van der Waals surface area contributed by atoms with Gasteiger partial charge in [-0.05, 0) is 55.2 Å². The van der Waals surface area contributed by atoms with E-state index in [0.717, 1.165) is 37.0 Å². The molecule has 0 unspecified atom stereocenters. The molecule has 0 aliphatic rings. The molecule has 0 spiro atoms. The van der Waals surface area contributed by atoms with Crippen molar-refractivity contribution in [2.45, 2.75) is 103 Å². The first kappa shape index (κ1) is 24.9. The molecule has 0 bridgehead atoms. The van der Waals surface area contributed by atoms with Crippen LogP contribution < -0.4 is 4.43 Å². The highest BCUT2D eigenvalue weighted by Crippen LogP contribution is 2.37. The molecule has 0 aromatic heterocycles. The van der Waals surface area contributed by atoms with Gasteiger partial charge in [0.05, 0.1) is 0 Å². The van der Waals surface area contributed by atoms with E-state index in [9.17, 15) is 4.79 Å². The van der Waals surface area contributed by atoms with Crippen LogP contribution in [0.4, 0.5) is 0 Å². The predicted molar refractivity (Wildman–Crippen MR) is 122 cm³/mol. The van der Waals surface area contributed by atoms with Crippen LogP contribution >= 0.6 is 0 Å². The summed E-state index contributed by atoms with van der Waals surface area (Å²) in [5.41, 5.74) is 0.798. The van der Waals surface area contributed by atoms with Crippen LogP contribution in [-0.4, -0.2) is 25.8 Å². The van der Waals surface area contributed by atoms with Gasteiger partial charge in [0.1, 0.15) is 5.75 Å². The molecule has 0 radical (unpaired) electrons. The zero-order valence-electron chi connectivity index (χ0n) is 18.9. The van der Waals surface area contributed by atoms with E-state index in [1.165, 1.54) is 32.1 Å². The molecule has 1 aromatic carbocycles. The number of hydrogen-bond acceptors (Lipinski definition) is 3. The number of rotatable bonds is 14. The Morgan fingerprint density at radius 2 is 1.32 bits per heavy atom. The Hall–Kier alpha value is -1.13. The minimum Gasteiger partial charge on any atom is -0.544 e. The van der Waals surface area contributed by atoms with E-state index in [4.69, 9.17) is 9.53 Å². The molecule has 0 heterocycles. The summed E-state index contributed by atoms with van der Waals surface area (Å²) < 4.78 is 6.28. The highest BCUT2D eigenvalue weighted by atomic mass is 28.4. The standard InChI is InChI=1S/C24H42O3Si/c1-24(2,3)28(4,5)27-22-18-16-21(17-19-22)23(26)15-13-11-9-7-6-8-10-12-14-20-25/h16-19,25H,6-15,20H2,1-5H3. The predicted octanol–water partition coefficient (Wildman–Crippen LogP) is 7.15. The third-order valence-electron chi connectivity index (χ3n) is 5.92. The van der Waals surface area contributed by atoms with Crippen molar-refractivity contribution in [1.82, 2.24) is 0 Å². The lowest BCUT2D eigenvalue weighted by Crippen LogP contribution is -2.43. The number of carbonyl (C=O) groups is 1. The zero-order valence-corrected chi connectivity index (χ0v) is 19.9. The Bertz CT molecular complexity index is 558. The maximum atomic E-state index is 12.4. The Balaban J connectivity index is 2.25. The Labute approximate surface area is 174 Å². The van der Waals surface area contributed by atoms with Crippen LogP contribution in [0.5, 0.6) is 5.75 Å². The second-order valence-corrected chi connectivity index (χ2v) is 14.2. The molecular formula is C24H42O3Si. The number of aliphatic hydroxyl groups excluding tert-OH is 1. The molecule has 3 nitrogen and oxygen atoms in total. The quantitative estimate of drug-likeness (QED) is 0.203. The van der Waals surface area contributed by atoms with Gasteiger partial charge >= 0.3 is 0 Å². The Morgan fingerprint density at radius 3 is 1.79 bits per heavy atom. The van der Waals surface area contributed by atoms with Crippen molar-refractivity contribution < 1.29 is 14.3 Å². The van der Waals surface area contributed by atoms with E-state index in [1.54, 1.807) is 0 Å². The lowest BCUT2D eigenvalue weighted by Gasteiger charge is -2.36. The molecule has 0 aliphatic carbocycles. The van der Waals surface area contributed by atoms with Crippen LogP contribution in [0.15, 0.2) is 24.3 Å². The summed E-state index contributed by atoms with van der Waals surface area (Å²) in [5, 5.41) is 8.92. The lowest BCUT2D eigenvalue weighted by atomic mass is 10.0. The van der Waals surface area contributed by atoms with Gasteiger partial charge in [0, 0.05) is 18.6 Å². The molecule has 0 aliphatic heterocycles. The van der Waals surface area contributed by atoms with Crippen molar-refractivity contribution in [3.63, 3.8) is 0 Å². The van der Waals surface area contributed by atoms with Crippen LogP contribution in [-0.2, 0) is 0 Å². The number of aliphatic hydroxyl groups is 1. The molecule has 28 heavy (non-hydrogen) atoms. The molecule has 0 fully saturated rings. The second-order valence-electron chi connectivity index (χ2n) is 9.47. The first-order valence-corrected chi connectivity index (χ1v) is 14.0. The molecular weight excluding hydrogens is 364 g/mol. The summed E-state index contributed by atoms with van der Waals surface area (Å²) in [6, 6.07) is 7.73. The van der Waals surface area contributed by atoms with Crippen LogP contribution in [0.25, 0.3) is 0 Å². The summed E-state index contributed by atoms with van der Waals surface area (Å²) >= 11 is 0. The Morgan fingerprint density at radius 1 is 0.857 bits per heavy atom. The average Bonchev–Trinajstić information content (AvgIpc) is 2.62. The van der Waals surface area contributed by atoms with E-state index in [0.29, 0.717) is 13.0 Å². The van der Waals surface area contributed by atoms with E-state index >= 15 is 0 Å². The summed E-state index contributed by atoms with van der Waals surface area (Å²) in [4.78, 5) is 12.4. The Kier molecular flexibility index (Phi) is 11.1. The van der Waals surface area contributed by atoms with E-state index in [2.05, 4.69) is 33.9 Å². The van der Waals surface area contributed by atoms with Gasteiger partial charge in [-0.2, -0.15) is 0 Å². The third-order valence-corrected chi connectivity index (χ3v) is 10.3. The van der Waals surface area contributed by atoms with Crippen molar-refractivity contribution in [2.75, 3.05) is 6.61 Å². The van der Waals surface area contributed by atoms with Crippen molar-refractivity contribution in [2.24, 2.45) is 0 Å². The van der Waals surface area contributed by atoms with Gasteiger partial charge in [-0.15, -0.1) is 0 Å². The number of benzene rings is 1. The van der Waals surface area contributed by atoms with Gasteiger partial charge in [0.2, 0.25) is 8.32 Å². The number of Topliss-reactive ketones (excluding diaryl/α,β-unsaturated/α-hetero) is 1. The minimum absolute atomic E-state index is 0.168. The SMILES string of the molecule is CC(C)(C)[Si](C)(C)Oc1ccc(C(=O)CCCCCCCCCCCO)cc1. The van der Waals surface area contributed by atoms with Crippen LogP contribution in [0.1, 0.15) is 95.3 Å². The molecule has 1 N–H and O–H groups in total. The fraction of sp³-hybridized carbons (Fsp3) is 0.708. The largest absolute Gasteiger partial charge is 0.544 e. The fourth-order valence-corrected chi connectivity index (χ4v) is 3.97. The van der Waals surface area contributed by atoms with Crippen molar-refractivity contribution in [3.05, 3.63) is 29.8 Å². The molecule has 0 amide bonds. The van der Waals surface area contributed by atoms with Crippen LogP contribution in [0.2, 0.25) is 18.1 Å². The zero-order chi connectivity index (χ0) is 21.0. The van der Waals surface area contributed by atoms with Gasteiger partial charge in [0.15, 0.2) is 5.78 Å². The first-order chi connectivity index (χ1) is 13.2. The monoisotopic (exact) mass is 406 g/mol. The summed E-state index contributed by atoms with van der Waals surface area (Å²) in [5.74, 6) is 1.12. The first-order valence-electron chi connectivity index (χ1n) is 11.1. The average molecular weight is 407 g/mol. The lowest BCUT2D eigenvalue weighted by molar-refractivity contribution is 0.0979. The van der Waals surface area contributed by atoms with Gasteiger partial charge in [-0.3, -0.25) is 4.79 Å². The van der Waals surface area contributed by atoms with E-state index in [-0.39, 0.29) is 10.8 Å². The maximum Gasteiger partial charge on any atom is 0.250 e. The maximum absolute atomic E-state index is 12.4. The van der Waals surface area contributed by atoms with E-state index in [1.807, 2.05) is 24.3 Å². The second kappa shape index (κ2) is 12.4. The van der Waals surface area contributed by atoms with Crippen molar-refractivity contribution >= 4 is 14.1 Å². The highest BCUT2D eigenvalue weighted by molar-refractivity contribution is 6.74. The number of unbranched alkanes of at least 4 members (excludes halogenated alkanes) is 8. The molecule has 0 atom stereocenters. The number of ketones is 1. The normalized spacial score (nSPS) is 12.2. The highest BCUT2D eigenvalue weighted by Gasteiger charge is 2.38. The van der Waals surface area contributed by atoms with Gasteiger partial charge in [-0.1, -0.05) is 65.7 Å². The topological polar surface area (TPSA) is 46.5 Å². The summed E-state index contributed by atoms with van der Waals surface area (Å²) in [6.45, 7) is 11.5. The van der Waals surface area contributed by atoms with Crippen LogP contribution in [0.3, 0.4) is 0 Å². The molecule has 4 heteroatoms. The molecule has 0 saturated heterocycles. The fourth-order valence-electron chi connectivity index (χ4n) is 2.94. The number of carbonyl (C=O) groups excluding carboxylic acids is 1. The third kappa shape index (κ3) is 9.38. The van der Waals surface area contributed by atoms with Crippen molar-refractivity contribution in [3.8, 4) is 5.75 Å². The summed E-state index contributed by atoms with van der Waals surface area (Å²) in [6.07, 6.45) is 11.1. The van der Waals surface area contributed by atoms with Gasteiger partial charge < -0.3 is 9.53 Å². The molecule has 0 saturated carbocycles.